The molecule has 0 fully saturated rings. The van der Waals surface area contributed by atoms with Crippen molar-refractivity contribution in [2.75, 3.05) is 18.8 Å². The maximum absolute atomic E-state index is 12.1. The minimum atomic E-state index is -1.13. The van der Waals surface area contributed by atoms with E-state index in [0.717, 1.165) is 5.56 Å². The first-order chi connectivity index (χ1) is 12.5. The molecule has 8 nitrogen and oxygen atoms in total. The molecule has 0 saturated heterocycles. The molecule has 3 N–H and O–H groups in total. The smallest absolute Gasteiger partial charge is 0.326 e. The first-order valence-corrected chi connectivity index (χ1v) is 9.19. The molecule has 9 heteroatoms. The van der Waals surface area contributed by atoms with Crippen molar-refractivity contribution in [3.05, 3.63) is 35.5 Å². The Morgan fingerprint density at radius 3 is 2.88 bits per heavy atom. The third-order valence-electron chi connectivity index (χ3n) is 3.57. The molecule has 0 aromatic heterocycles. The fourth-order valence-corrected chi connectivity index (χ4v) is 2.67. The SMILES string of the molecule is CSCCC(NC(=O)/C(C#N)=C\NCc1ccc2c(c1)OCO2)C(=O)O. The van der Waals surface area contributed by atoms with Crippen LogP contribution in [-0.4, -0.2) is 41.8 Å². The molecular formula is C17H19N3O5S. The quantitative estimate of drug-likeness (QED) is 0.434. The van der Waals surface area contributed by atoms with Crippen LogP contribution >= 0.6 is 11.8 Å². The molecule has 0 radical (unpaired) electrons. The van der Waals surface area contributed by atoms with Crippen molar-refractivity contribution >= 4 is 23.6 Å². The van der Waals surface area contributed by atoms with Gasteiger partial charge in [-0.05, 0) is 36.1 Å². The van der Waals surface area contributed by atoms with Crippen LogP contribution in [0.5, 0.6) is 11.5 Å². The molecule has 0 spiro atoms. The third-order valence-corrected chi connectivity index (χ3v) is 4.21. The average Bonchev–Trinajstić information content (AvgIpc) is 3.09. The summed E-state index contributed by atoms with van der Waals surface area (Å²) in [6, 6.07) is 6.17. The van der Waals surface area contributed by atoms with Crippen LogP contribution < -0.4 is 20.1 Å². The molecule has 0 saturated carbocycles. The van der Waals surface area contributed by atoms with Gasteiger partial charge in [0.25, 0.3) is 5.91 Å². The standard InChI is InChI=1S/C17H19N3O5S/c1-26-5-4-13(17(22)23)20-16(21)12(7-18)9-19-8-11-2-3-14-15(6-11)25-10-24-14/h2-3,6,9,13,19H,4-5,8,10H2,1H3,(H,20,21)(H,22,23)/b12-9-. The molecule has 1 unspecified atom stereocenters. The Labute approximate surface area is 155 Å². The number of thioether (sulfide) groups is 1. The number of nitrogens with zero attached hydrogens (tertiary/aromatic N) is 1. The maximum Gasteiger partial charge on any atom is 0.326 e. The van der Waals surface area contributed by atoms with E-state index in [4.69, 9.17) is 19.8 Å². The van der Waals surface area contributed by atoms with Crippen molar-refractivity contribution in [1.29, 1.82) is 5.26 Å². The van der Waals surface area contributed by atoms with Crippen LogP contribution in [0.4, 0.5) is 0 Å². The molecule has 138 valence electrons. The number of carboxylic acid groups (broad SMARTS) is 1. The number of hydrogen-bond acceptors (Lipinski definition) is 7. The van der Waals surface area contributed by atoms with Gasteiger partial charge >= 0.3 is 5.97 Å². The number of hydrogen-bond donors (Lipinski definition) is 3. The van der Waals surface area contributed by atoms with Crippen molar-refractivity contribution in [1.82, 2.24) is 10.6 Å². The Kier molecular flexibility index (Phi) is 7.17. The monoisotopic (exact) mass is 377 g/mol. The van der Waals surface area contributed by atoms with Gasteiger partial charge in [0.2, 0.25) is 6.79 Å². The molecule has 26 heavy (non-hydrogen) atoms. The van der Waals surface area contributed by atoms with Crippen molar-refractivity contribution in [3.8, 4) is 17.6 Å². The molecule has 1 atom stereocenters. The summed E-state index contributed by atoms with van der Waals surface area (Å²) in [5, 5.41) is 23.5. The molecule has 2 rings (SSSR count). The lowest BCUT2D eigenvalue weighted by Gasteiger charge is -2.13. The predicted molar refractivity (Wildman–Crippen MR) is 95.7 cm³/mol. The minimum Gasteiger partial charge on any atom is -0.480 e. The summed E-state index contributed by atoms with van der Waals surface area (Å²) in [5.74, 6) is 0.0544. The van der Waals surface area contributed by atoms with Crippen LogP contribution in [0.2, 0.25) is 0 Å². The van der Waals surface area contributed by atoms with Crippen LogP contribution in [0.3, 0.4) is 0 Å². The van der Waals surface area contributed by atoms with E-state index in [1.807, 2.05) is 12.3 Å². The number of nitriles is 1. The first kappa shape index (κ1) is 19.5. The number of ether oxygens (including phenoxy) is 2. The Morgan fingerprint density at radius 2 is 2.19 bits per heavy atom. The van der Waals surface area contributed by atoms with Gasteiger partial charge in [0, 0.05) is 12.7 Å². The van der Waals surface area contributed by atoms with Gasteiger partial charge in [0.15, 0.2) is 11.5 Å². The second-order valence-corrected chi connectivity index (χ2v) is 6.37. The summed E-state index contributed by atoms with van der Waals surface area (Å²) in [7, 11) is 0. The van der Waals surface area contributed by atoms with Gasteiger partial charge in [-0.15, -0.1) is 0 Å². The van der Waals surface area contributed by atoms with Gasteiger partial charge in [-0.1, -0.05) is 6.07 Å². The van der Waals surface area contributed by atoms with Gasteiger partial charge in [-0.25, -0.2) is 4.79 Å². The van der Waals surface area contributed by atoms with Crippen LogP contribution in [0.1, 0.15) is 12.0 Å². The molecule has 0 bridgehead atoms. The Hall–Kier alpha value is -2.86. The number of carbonyl (C=O) groups excluding carboxylic acids is 1. The molecule has 1 heterocycles. The number of nitrogens with one attached hydrogen (secondary N) is 2. The molecule has 1 aliphatic rings. The van der Waals surface area contributed by atoms with Gasteiger partial charge in [-0.3, -0.25) is 4.79 Å². The molecule has 0 aliphatic carbocycles. The topological polar surface area (TPSA) is 121 Å². The lowest BCUT2D eigenvalue weighted by molar-refractivity contribution is -0.141. The molecule has 1 amide bonds. The van der Waals surface area contributed by atoms with E-state index in [9.17, 15) is 9.59 Å². The molecule has 1 aliphatic heterocycles. The van der Waals surface area contributed by atoms with E-state index >= 15 is 0 Å². The Balaban J connectivity index is 1.93. The minimum absolute atomic E-state index is 0.187. The van der Waals surface area contributed by atoms with E-state index < -0.39 is 17.9 Å². The number of fused-ring (bicyclic) bond motifs is 1. The number of aliphatic carboxylic acids is 1. The lowest BCUT2D eigenvalue weighted by atomic mass is 10.2. The zero-order valence-corrected chi connectivity index (χ0v) is 15.0. The Bertz CT molecular complexity index is 744. The van der Waals surface area contributed by atoms with Crippen LogP contribution in [-0.2, 0) is 16.1 Å². The van der Waals surface area contributed by atoms with Crippen molar-refractivity contribution in [3.63, 3.8) is 0 Å². The molecule has 1 aromatic carbocycles. The fraction of sp³-hybridized carbons (Fsp3) is 0.353. The maximum atomic E-state index is 12.1. The first-order valence-electron chi connectivity index (χ1n) is 7.80. The second-order valence-electron chi connectivity index (χ2n) is 5.38. The largest absolute Gasteiger partial charge is 0.480 e. The highest BCUT2D eigenvalue weighted by molar-refractivity contribution is 7.98. The van der Waals surface area contributed by atoms with Gasteiger partial charge in [0.05, 0.1) is 0 Å². The van der Waals surface area contributed by atoms with E-state index in [1.165, 1.54) is 18.0 Å². The Morgan fingerprint density at radius 1 is 1.42 bits per heavy atom. The summed E-state index contributed by atoms with van der Waals surface area (Å²) in [5.41, 5.74) is 0.688. The van der Waals surface area contributed by atoms with Gasteiger partial charge in [-0.2, -0.15) is 17.0 Å². The van der Waals surface area contributed by atoms with E-state index in [2.05, 4.69) is 10.6 Å². The predicted octanol–water partition coefficient (Wildman–Crippen LogP) is 1.23. The number of amides is 1. The van der Waals surface area contributed by atoms with Crippen LogP contribution in [0.25, 0.3) is 0 Å². The second kappa shape index (κ2) is 9.58. The molecule has 1 aromatic rings. The summed E-state index contributed by atoms with van der Waals surface area (Å²) >= 11 is 1.48. The van der Waals surface area contributed by atoms with Gasteiger partial charge < -0.3 is 25.2 Å². The number of rotatable bonds is 9. The number of benzene rings is 1. The number of carbonyl (C=O) groups is 2. The van der Waals surface area contributed by atoms with E-state index in [1.54, 1.807) is 18.2 Å². The van der Waals surface area contributed by atoms with Crippen LogP contribution in [0, 0.1) is 11.3 Å². The zero-order chi connectivity index (χ0) is 18.9. The summed E-state index contributed by atoms with van der Waals surface area (Å²) < 4.78 is 10.5. The number of carboxylic acids is 1. The van der Waals surface area contributed by atoms with Gasteiger partial charge in [0.1, 0.15) is 17.7 Å². The average molecular weight is 377 g/mol. The highest BCUT2D eigenvalue weighted by Gasteiger charge is 2.21. The zero-order valence-electron chi connectivity index (χ0n) is 14.2. The highest BCUT2D eigenvalue weighted by Crippen LogP contribution is 2.32. The van der Waals surface area contributed by atoms with Crippen molar-refractivity contribution in [2.45, 2.75) is 19.0 Å². The normalized spacial score (nSPS) is 13.6. The van der Waals surface area contributed by atoms with Crippen molar-refractivity contribution in [2.24, 2.45) is 0 Å². The molecular weight excluding hydrogens is 358 g/mol. The third kappa shape index (κ3) is 5.32. The fourth-order valence-electron chi connectivity index (χ4n) is 2.20. The van der Waals surface area contributed by atoms with Crippen LogP contribution in [0.15, 0.2) is 30.0 Å². The summed E-state index contributed by atoms with van der Waals surface area (Å²) in [6.45, 7) is 0.552. The highest BCUT2D eigenvalue weighted by atomic mass is 32.2. The van der Waals surface area contributed by atoms with Crippen molar-refractivity contribution < 1.29 is 24.2 Å². The lowest BCUT2D eigenvalue weighted by Crippen LogP contribution is -2.41. The summed E-state index contributed by atoms with van der Waals surface area (Å²) in [6.07, 6.45) is 3.40. The summed E-state index contributed by atoms with van der Waals surface area (Å²) in [4.78, 5) is 23.3. The van der Waals surface area contributed by atoms with E-state index in [-0.39, 0.29) is 18.8 Å². The van der Waals surface area contributed by atoms with E-state index in [0.29, 0.717) is 23.8 Å².